The molecule has 1 aliphatic rings. The minimum absolute atomic E-state index is 0.116. The molecule has 0 atom stereocenters. The zero-order valence-electron chi connectivity index (χ0n) is 18.3. The van der Waals surface area contributed by atoms with Crippen LogP contribution in [0.25, 0.3) is 22.9 Å². The van der Waals surface area contributed by atoms with Crippen LogP contribution in [0.3, 0.4) is 0 Å². The van der Waals surface area contributed by atoms with Gasteiger partial charge in [0.1, 0.15) is 17.7 Å². The fourth-order valence-corrected chi connectivity index (χ4v) is 4.57. The Morgan fingerprint density at radius 3 is 2.65 bits per heavy atom. The number of nitrogens with zero attached hydrogens (tertiary/aromatic N) is 7. The van der Waals surface area contributed by atoms with E-state index in [-0.39, 0.29) is 12.4 Å². The molecule has 1 saturated heterocycles. The molecule has 4 heterocycles. The van der Waals surface area contributed by atoms with Gasteiger partial charge in [-0.05, 0) is 40.3 Å². The Morgan fingerprint density at radius 2 is 1.91 bits per heavy atom. The average molecular weight is 575 g/mol. The van der Waals surface area contributed by atoms with Gasteiger partial charge in [0.15, 0.2) is 17.5 Å². The lowest BCUT2D eigenvalue weighted by Crippen LogP contribution is -2.47. The van der Waals surface area contributed by atoms with Gasteiger partial charge in [0.05, 0.1) is 25.0 Å². The van der Waals surface area contributed by atoms with E-state index in [4.69, 9.17) is 14.7 Å². The molecule has 1 aromatic carbocycles. The molecule has 0 amide bonds. The van der Waals surface area contributed by atoms with Crippen LogP contribution < -0.4 is 4.90 Å². The fourth-order valence-electron chi connectivity index (χ4n) is 4.01. The molecule has 34 heavy (non-hydrogen) atoms. The predicted molar refractivity (Wildman–Crippen MR) is 133 cm³/mol. The molecule has 0 bridgehead atoms. The minimum Gasteiger partial charge on any atom is -0.395 e. The molecule has 0 saturated carbocycles. The second-order valence-corrected chi connectivity index (χ2v) is 9.13. The standard InChI is InChI=1S/C23H23FIN7O2/c24-17-14-26-22(27-23(17)31-8-6-30(7-9-31)10-11-33)20-13-21(19-5-12-34-29-19)32(28-20)15-16-3-1-2-4-18(16)25/h1-5,12-14,33H,6-11,15H2. The third kappa shape index (κ3) is 4.81. The van der Waals surface area contributed by atoms with Gasteiger partial charge >= 0.3 is 0 Å². The highest BCUT2D eigenvalue weighted by molar-refractivity contribution is 14.1. The summed E-state index contributed by atoms with van der Waals surface area (Å²) >= 11 is 2.31. The summed E-state index contributed by atoms with van der Waals surface area (Å²) in [7, 11) is 0. The monoisotopic (exact) mass is 575 g/mol. The number of β-amino-alcohol motifs (C(OH)–C–C–N with tert-alkyl or cyclic N) is 1. The Kier molecular flexibility index (Phi) is 6.83. The normalized spacial score (nSPS) is 14.6. The van der Waals surface area contributed by atoms with Gasteiger partial charge < -0.3 is 14.5 Å². The van der Waals surface area contributed by atoms with Crippen molar-refractivity contribution >= 4 is 28.4 Å². The summed E-state index contributed by atoms with van der Waals surface area (Å²) in [4.78, 5) is 12.8. The van der Waals surface area contributed by atoms with Crippen LogP contribution in [0, 0.1) is 9.39 Å². The van der Waals surface area contributed by atoms with Crippen LogP contribution in [0.5, 0.6) is 0 Å². The van der Waals surface area contributed by atoms with Gasteiger partial charge in [-0.25, -0.2) is 14.4 Å². The zero-order chi connectivity index (χ0) is 23.5. The third-order valence-corrected chi connectivity index (χ3v) is 6.85. The Morgan fingerprint density at radius 1 is 1.09 bits per heavy atom. The summed E-state index contributed by atoms with van der Waals surface area (Å²) in [6.07, 6.45) is 2.72. The van der Waals surface area contributed by atoms with Crippen LogP contribution >= 0.6 is 22.6 Å². The van der Waals surface area contributed by atoms with E-state index in [1.54, 1.807) is 6.07 Å². The van der Waals surface area contributed by atoms with Gasteiger partial charge in [0, 0.05) is 42.4 Å². The first kappa shape index (κ1) is 22.9. The number of aliphatic hydroxyl groups excluding tert-OH is 1. The van der Waals surface area contributed by atoms with Crippen molar-refractivity contribution < 1.29 is 14.0 Å². The first-order chi connectivity index (χ1) is 16.6. The molecule has 176 valence electrons. The van der Waals surface area contributed by atoms with Crippen molar-refractivity contribution in [1.29, 1.82) is 0 Å². The first-order valence-corrected chi connectivity index (χ1v) is 12.0. The summed E-state index contributed by atoms with van der Waals surface area (Å²) in [5, 5.41) is 18.0. The fraction of sp³-hybridized carbons (Fsp3) is 0.304. The number of hydrogen-bond acceptors (Lipinski definition) is 8. The third-order valence-electron chi connectivity index (χ3n) is 5.80. The van der Waals surface area contributed by atoms with Crippen LogP contribution in [0.1, 0.15) is 5.56 Å². The summed E-state index contributed by atoms with van der Waals surface area (Å²) in [5.41, 5.74) is 3.05. The largest absolute Gasteiger partial charge is 0.395 e. The number of rotatable bonds is 7. The summed E-state index contributed by atoms with van der Waals surface area (Å²) < 4.78 is 22.7. The molecule has 1 N–H and O–H groups in total. The van der Waals surface area contributed by atoms with Gasteiger partial charge in [-0.1, -0.05) is 23.4 Å². The number of halogens is 2. The summed E-state index contributed by atoms with van der Waals surface area (Å²) in [6.45, 7) is 3.98. The van der Waals surface area contributed by atoms with E-state index in [0.717, 1.165) is 27.9 Å². The van der Waals surface area contributed by atoms with Crippen LogP contribution in [0.15, 0.2) is 53.4 Å². The van der Waals surface area contributed by atoms with Crippen LogP contribution in [-0.4, -0.2) is 74.2 Å². The molecule has 0 aliphatic carbocycles. The minimum atomic E-state index is -0.464. The zero-order valence-corrected chi connectivity index (χ0v) is 20.5. The van der Waals surface area contributed by atoms with Gasteiger partial charge in [0.25, 0.3) is 0 Å². The van der Waals surface area contributed by atoms with Gasteiger partial charge in [-0.2, -0.15) is 5.10 Å². The second-order valence-electron chi connectivity index (χ2n) is 7.97. The molecule has 1 fully saturated rings. The summed E-state index contributed by atoms with van der Waals surface area (Å²) in [6, 6.07) is 11.7. The smallest absolute Gasteiger partial charge is 0.183 e. The van der Waals surface area contributed by atoms with Crippen LogP contribution in [-0.2, 0) is 6.54 Å². The molecule has 11 heteroatoms. The van der Waals surface area contributed by atoms with Gasteiger partial charge in [0.2, 0.25) is 0 Å². The number of piperazine rings is 1. The van der Waals surface area contributed by atoms with Crippen molar-refractivity contribution in [2.24, 2.45) is 0 Å². The van der Waals surface area contributed by atoms with E-state index in [1.807, 2.05) is 33.8 Å². The lowest BCUT2D eigenvalue weighted by atomic mass is 10.2. The second kappa shape index (κ2) is 10.2. The number of anilines is 1. The van der Waals surface area contributed by atoms with E-state index >= 15 is 0 Å². The molecule has 0 radical (unpaired) electrons. The van der Waals surface area contributed by atoms with Gasteiger partial charge in [-0.15, -0.1) is 0 Å². The highest BCUT2D eigenvalue weighted by atomic mass is 127. The molecule has 3 aromatic heterocycles. The molecular weight excluding hydrogens is 552 g/mol. The molecule has 5 rings (SSSR count). The molecular formula is C23H23FIN7O2. The highest BCUT2D eigenvalue weighted by Crippen LogP contribution is 2.27. The van der Waals surface area contributed by atoms with Crippen molar-refractivity contribution in [3.05, 3.63) is 63.8 Å². The Balaban J connectivity index is 1.47. The number of hydrogen-bond donors (Lipinski definition) is 1. The number of benzene rings is 1. The van der Waals surface area contributed by atoms with Crippen molar-refractivity contribution in [3.8, 4) is 22.9 Å². The van der Waals surface area contributed by atoms with Crippen molar-refractivity contribution in [2.45, 2.75) is 6.54 Å². The molecule has 1 aliphatic heterocycles. The van der Waals surface area contributed by atoms with Crippen LogP contribution in [0.4, 0.5) is 10.2 Å². The van der Waals surface area contributed by atoms with Crippen molar-refractivity contribution in [1.82, 2.24) is 29.8 Å². The summed E-state index contributed by atoms with van der Waals surface area (Å²) in [5.74, 6) is 0.151. The number of aliphatic hydroxyl groups is 1. The van der Waals surface area contributed by atoms with E-state index in [1.165, 1.54) is 12.5 Å². The molecule has 0 spiro atoms. The van der Waals surface area contributed by atoms with Crippen molar-refractivity contribution in [3.63, 3.8) is 0 Å². The van der Waals surface area contributed by atoms with E-state index in [9.17, 15) is 4.39 Å². The van der Waals surface area contributed by atoms with E-state index in [2.05, 4.69) is 48.7 Å². The number of aromatic nitrogens is 5. The Hall–Kier alpha value is -2.90. The molecule has 4 aromatic rings. The first-order valence-electron chi connectivity index (χ1n) is 11.0. The Bertz CT molecular complexity index is 1260. The maximum absolute atomic E-state index is 14.7. The molecule has 9 nitrogen and oxygen atoms in total. The maximum Gasteiger partial charge on any atom is 0.183 e. The quantitative estimate of drug-likeness (QED) is 0.337. The lowest BCUT2D eigenvalue weighted by molar-refractivity contribution is 0.188. The maximum atomic E-state index is 14.7. The van der Waals surface area contributed by atoms with Crippen LogP contribution in [0.2, 0.25) is 0 Å². The highest BCUT2D eigenvalue weighted by Gasteiger charge is 2.23. The van der Waals surface area contributed by atoms with Gasteiger partial charge in [-0.3, -0.25) is 9.58 Å². The van der Waals surface area contributed by atoms with E-state index < -0.39 is 5.82 Å². The molecule has 0 unspecified atom stereocenters. The lowest BCUT2D eigenvalue weighted by Gasteiger charge is -2.35. The average Bonchev–Trinajstić information content (AvgIpc) is 3.52. The SMILES string of the molecule is OCCN1CCN(c2nc(-c3cc(-c4ccon4)n(Cc4ccccc4I)n3)ncc2F)CC1. The van der Waals surface area contributed by atoms with Crippen molar-refractivity contribution in [2.75, 3.05) is 44.2 Å². The topological polar surface area (TPSA) is 96.3 Å². The Labute approximate surface area is 209 Å². The van der Waals surface area contributed by atoms with E-state index in [0.29, 0.717) is 43.4 Å². The predicted octanol–water partition coefficient (Wildman–Crippen LogP) is 2.90.